The summed E-state index contributed by atoms with van der Waals surface area (Å²) < 4.78 is 45.8. The van der Waals surface area contributed by atoms with Gasteiger partial charge in [0.15, 0.2) is 0 Å². The fourth-order valence-electron chi connectivity index (χ4n) is 3.05. The van der Waals surface area contributed by atoms with Gasteiger partial charge in [-0.3, -0.25) is 0 Å². The Hall–Kier alpha value is -3.23. The average Bonchev–Trinajstić information content (AvgIpc) is 2.72. The molecule has 3 aromatic carbocycles. The lowest BCUT2D eigenvalue weighted by Gasteiger charge is -2.28. The number of hydrogen-bond donors (Lipinski definition) is 2. The van der Waals surface area contributed by atoms with Crippen molar-refractivity contribution >= 4 is 21.7 Å². The van der Waals surface area contributed by atoms with Gasteiger partial charge in [-0.2, -0.15) is 4.72 Å². The average molecular weight is 412 g/mol. The van der Waals surface area contributed by atoms with Crippen molar-refractivity contribution in [3.05, 3.63) is 95.3 Å². The minimum absolute atomic E-state index is 0.0426. The summed E-state index contributed by atoms with van der Waals surface area (Å²) in [6.07, 6.45) is -0.660. The van der Waals surface area contributed by atoms with Crippen molar-refractivity contribution < 1.29 is 22.3 Å². The van der Waals surface area contributed by atoms with E-state index in [1.807, 2.05) is 0 Å². The number of anilines is 1. The monoisotopic (exact) mass is 412 g/mol. The van der Waals surface area contributed by atoms with E-state index >= 15 is 0 Å². The summed E-state index contributed by atoms with van der Waals surface area (Å²) in [6, 6.07) is 18.9. The van der Waals surface area contributed by atoms with Crippen LogP contribution in [0.3, 0.4) is 0 Å². The van der Waals surface area contributed by atoms with Gasteiger partial charge in [0.1, 0.15) is 23.5 Å². The minimum Gasteiger partial charge on any atom is -0.457 e. The number of carbonyl (C=O) groups is 1. The summed E-state index contributed by atoms with van der Waals surface area (Å²) in [4.78, 5) is 12.4. The van der Waals surface area contributed by atoms with Crippen LogP contribution in [0.4, 0.5) is 10.1 Å². The van der Waals surface area contributed by atoms with Gasteiger partial charge < -0.3 is 10.1 Å². The molecule has 0 saturated carbocycles. The first kappa shape index (κ1) is 19.1. The van der Waals surface area contributed by atoms with Gasteiger partial charge in [-0.15, -0.1) is 0 Å². The zero-order valence-corrected chi connectivity index (χ0v) is 15.9. The van der Waals surface area contributed by atoms with Crippen molar-refractivity contribution in [2.75, 3.05) is 5.32 Å². The molecule has 6 nitrogen and oxygen atoms in total. The van der Waals surface area contributed by atoms with Crippen molar-refractivity contribution in [2.45, 2.75) is 17.7 Å². The number of para-hydroxylation sites is 1. The predicted octanol–water partition coefficient (Wildman–Crippen LogP) is 3.59. The van der Waals surface area contributed by atoms with Crippen molar-refractivity contribution in [3.63, 3.8) is 0 Å². The molecule has 1 unspecified atom stereocenters. The lowest BCUT2D eigenvalue weighted by atomic mass is 10.1. The van der Waals surface area contributed by atoms with Crippen molar-refractivity contribution in [3.8, 4) is 0 Å². The number of rotatable bonds is 4. The number of ether oxygens (including phenoxy) is 1. The molecule has 0 fully saturated rings. The number of sulfonamides is 1. The maximum absolute atomic E-state index is 13.2. The standard InChI is InChI=1S/C21H17FN2O4S/c22-17-5-3-4-14(12-17)13-28-21(25)16-10-8-15(9-11-16)20-23-18-6-1-2-7-19(18)29(26,27)24-20/h1-12,20,23-24H,13H2. The highest BCUT2D eigenvalue weighted by Gasteiger charge is 2.29. The minimum atomic E-state index is -3.64. The molecule has 0 amide bonds. The van der Waals surface area contributed by atoms with Crippen molar-refractivity contribution in [1.82, 2.24) is 4.72 Å². The third kappa shape index (κ3) is 4.13. The smallest absolute Gasteiger partial charge is 0.338 e. The van der Waals surface area contributed by atoms with E-state index in [0.717, 1.165) is 0 Å². The second kappa shape index (κ2) is 7.65. The molecule has 0 aliphatic carbocycles. The first-order valence-electron chi connectivity index (χ1n) is 8.82. The summed E-state index contributed by atoms with van der Waals surface area (Å²) >= 11 is 0. The zero-order valence-electron chi connectivity index (χ0n) is 15.1. The number of benzene rings is 3. The van der Waals surface area contributed by atoms with E-state index in [1.165, 1.54) is 18.2 Å². The Morgan fingerprint density at radius 2 is 1.76 bits per heavy atom. The molecule has 3 aromatic rings. The lowest BCUT2D eigenvalue weighted by Crippen LogP contribution is -2.38. The van der Waals surface area contributed by atoms with Gasteiger partial charge in [-0.25, -0.2) is 17.6 Å². The largest absolute Gasteiger partial charge is 0.457 e. The number of hydrogen-bond acceptors (Lipinski definition) is 5. The molecule has 0 bridgehead atoms. The molecule has 1 aliphatic heterocycles. The van der Waals surface area contributed by atoms with Crippen molar-refractivity contribution in [2.24, 2.45) is 0 Å². The van der Waals surface area contributed by atoms with E-state index < -0.39 is 28.0 Å². The molecular weight excluding hydrogens is 395 g/mol. The Bertz CT molecular complexity index is 1160. The molecule has 1 aliphatic rings. The van der Waals surface area contributed by atoms with Crippen molar-refractivity contribution in [1.29, 1.82) is 0 Å². The molecule has 4 rings (SSSR count). The van der Waals surface area contributed by atoms with Crippen LogP contribution in [-0.2, 0) is 21.4 Å². The lowest BCUT2D eigenvalue weighted by molar-refractivity contribution is 0.0472. The predicted molar refractivity (Wildman–Crippen MR) is 105 cm³/mol. The third-order valence-electron chi connectivity index (χ3n) is 4.49. The first-order chi connectivity index (χ1) is 13.9. The molecule has 0 radical (unpaired) electrons. The van der Waals surface area contributed by atoms with Gasteiger partial charge in [0.25, 0.3) is 0 Å². The Morgan fingerprint density at radius 1 is 1.00 bits per heavy atom. The highest BCUT2D eigenvalue weighted by atomic mass is 32.2. The van der Waals surface area contributed by atoms with Crippen LogP contribution < -0.4 is 10.0 Å². The van der Waals surface area contributed by atoms with Crippen LogP contribution >= 0.6 is 0 Å². The Morgan fingerprint density at radius 3 is 2.52 bits per heavy atom. The zero-order chi connectivity index (χ0) is 20.4. The molecule has 148 valence electrons. The Balaban J connectivity index is 1.46. The molecule has 2 N–H and O–H groups in total. The molecule has 1 heterocycles. The highest BCUT2D eigenvalue weighted by molar-refractivity contribution is 7.89. The molecule has 0 spiro atoms. The molecule has 0 saturated heterocycles. The van der Waals surface area contributed by atoms with E-state index in [9.17, 15) is 17.6 Å². The summed E-state index contributed by atoms with van der Waals surface area (Å²) in [7, 11) is -3.64. The van der Waals surface area contributed by atoms with E-state index in [1.54, 1.807) is 54.6 Å². The number of halogens is 1. The molecule has 8 heteroatoms. The number of esters is 1. The van der Waals surface area contributed by atoms with E-state index in [-0.39, 0.29) is 11.5 Å². The molecule has 1 atom stereocenters. The van der Waals surface area contributed by atoms with Crippen LogP contribution in [0, 0.1) is 5.82 Å². The van der Waals surface area contributed by atoms with Gasteiger partial charge in [0.2, 0.25) is 10.0 Å². The van der Waals surface area contributed by atoms with E-state index in [0.29, 0.717) is 22.4 Å². The molecule has 0 aromatic heterocycles. The SMILES string of the molecule is O=C(OCc1cccc(F)c1)c1ccc(C2Nc3ccccc3S(=O)(=O)N2)cc1. The quantitative estimate of drug-likeness (QED) is 0.640. The summed E-state index contributed by atoms with van der Waals surface area (Å²) in [5, 5.41) is 3.13. The second-order valence-electron chi connectivity index (χ2n) is 6.52. The summed E-state index contributed by atoms with van der Waals surface area (Å²) in [5.74, 6) is -0.949. The Kier molecular flexibility index (Phi) is 5.04. The van der Waals surface area contributed by atoms with Crippen LogP contribution in [0.2, 0.25) is 0 Å². The van der Waals surface area contributed by atoms with Gasteiger partial charge in [-0.05, 0) is 47.5 Å². The fourth-order valence-corrected chi connectivity index (χ4v) is 4.35. The first-order valence-corrected chi connectivity index (χ1v) is 10.3. The number of nitrogens with one attached hydrogen (secondary N) is 2. The number of fused-ring (bicyclic) bond motifs is 1. The molecular formula is C21H17FN2O4S. The van der Waals surface area contributed by atoms with Crippen LogP contribution in [0.25, 0.3) is 0 Å². The van der Waals surface area contributed by atoms with Crippen LogP contribution in [0.15, 0.2) is 77.7 Å². The van der Waals surface area contributed by atoms with Gasteiger partial charge in [0.05, 0.1) is 11.3 Å². The number of carbonyl (C=O) groups excluding carboxylic acids is 1. The fraction of sp³-hybridized carbons (Fsp3) is 0.0952. The van der Waals surface area contributed by atoms with Crippen LogP contribution in [-0.4, -0.2) is 14.4 Å². The van der Waals surface area contributed by atoms with Gasteiger partial charge in [0, 0.05) is 0 Å². The highest BCUT2D eigenvalue weighted by Crippen LogP contribution is 2.30. The second-order valence-corrected chi connectivity index (χ2v) is 8.21. The van der Waals surface area contributed by atoms with Crippen LogP contribution in [0.1, 0.15) is 27.7 Å². The van der Waals surface area contributed by atoms with E-state index in [2.05, 4.69) is 10.0 Å². The topological polar surface area (TPSA) is 84.5 Å². The third-order valence-corrected chi connectivity index (χ3v) is 5.97. The van der Waals surface area contributed by atoms with Gasteiger partial charge >= 0.3 is 5.97 Å². The Labute approximate surface area is 167 Å². The summed E-state index contributed by atoms with van der Waals surface area (Å²) in [6.45, 7) is -0.0426. The maximum Gasteiger partial charge on any atom is 0.338 e. The normalized spacial score (nSPS) is 17.1. The van der Waals surface area contributed by atoms with Gasteiger partial charge in [-0.1, -0.05) is 36.4 Å². The van der Waals surface area contributed by atoms with Crippen LogP contribution in [0.5, 0.6) is 0 Å². The molecule has 29 heavy (non-hydrogen) atoms. The summed E-state index contributed by atoms with van der Waals surface area (Å²) in [5.41, 5.74) is 2.01. The van der Waals surface area contributed by atoms with E-state index in [4.69, 9.17) is 4.74 Å². The maximum atomic E-state index is 13.2.